The lowest BCUT2D eigenvalue weighted by molar-refractivity contribution is -0.170. The van der Waals surface area contributed by atoms with Gasteiger partial charge in [-0.15, -0.1) is 0 Å². The van der Waals surface area contributed by atoms with Crippen LogP contribution < -0.4 is 0 Å². The maximum absolute atomic E-state index is 12.8. The molecular formula is C35H52O9. The van der Waals surface area contributed by atoms with E-state index >= 15 is 0 Å². The molecule has 2 bridgehead atoms. The van der Waals surface area contributed by atoms with Gasteiger partial charge in [0.05, 0.1) is 40.3 Å². The molecule has 1 aromatic rings. The summed E-state index contributed by atoms with van der Waals surface area (Å²) in [5.41, 5.74) is 0.384. The number of ether oxygens (including phenoxy) is 4. The molecule has 1 aromatic carbocycles. The van der Waals surface area contributed by atoms with E-state index in [2.05, 4.69) is 0 Å². The first kappa shape index (κ1) is 36.8. The average molecular weight is 617 g/mol. The Labute approximate surface area is 262 Å². The van der Waals surface area contributed by atoms with Crippen LogP contribution >= 0.6 is 0 Å². The van der Waals surface area contributed by atoms with Crippen molar-refractivity contribution >= 4 is 23.9 Å². The summed E-state index contributed by atoms with van der Waals surface area (Å²) in [7, 11) is 5.30. The highest BCUT2D eigenvalue weighted by Crippen LogP contribution is 2.49. The third-order valence-electron chi connectivity index (χ3n) is 8.81. The lowest BCUT2D eigenvalue weighted by Crippen LogP contribution is -2.43. The van der Waals surface area contributed by atoms with E-state index in [1.165, 1.54) is 28.4 Å². The number of hydrogen-bond donors (Lipinski definition) is 1. The van der Waals surface area contributed by atoms with Crippen LogP contribution in [0.4, 0.5) is 0 Å². The molecule has 0 radical (unpaired) electrons. The number of esters is 4. The van der Waals surface area contributed by atoms with Crippen LogP contribution in [0, 0.1) is 29.1 Å². The molecule has 0 saturated heterocycles. The van der Waals surface area contributed by atoms with Gasteiger partial charge in [-0.05, 0) is 58.6 Å². The van der Waals surface area contributed by atoms with E-state index in [9.17, 15) is 24.3 Å². The normalized spacial score (nSPS) is 20.8. The summed E-state index contributed by atoms with van der Waals surface area (Å²) in [6.45, 7) is 14.2. The smallest absolute Gasteiger partial charge is 0.323 e. The second kappa shape index (κ2) is 14.6. The van der Waals surface area contributed by atoms with Gasteiger partial charge in [0.1, 0.15) is 5.75 Å². The minimum Gasteiger partial charge on any atom is -0.507 e. The summed E-state index contributed by atoms with van der Waals surface area (Å²) in [6.07, 6.45) is 6.92. The number of fused-ring (bicyclic) bond motifs is 2. The Kier molecular flexibility index (Phi) is 12.2. The Hall–Kier alpha value is -3.36. The number of benzene rings is 1. The van der Waals surface area contributed by atoms with Crippen molar-refractivity contribution in [2.45, 2.75) is 91.4 Å². The SMILES string of the molecule is CCCCC(Cc1cc(C(C)(C)C)c(O)c(C(C)(C)C)c1)(C(=O)OC)C(=O)OC.COC(=O)C1C2C=CC(C2)C1C(=O)OC. The quantitative estimate of drug-likeness (QED) is 0.158. The van der Waals surface area contributed by atoms with Crippen molar-refractivity contribution < 1.29 is 43.2 Å². The Balaban J connectivity index is 0.000000373. The van der Waals surface area contributed by atoms with Crippen LogP contribution in [0.2, 0.25) is 0 Å². The monoisotopic (exact) mass is 616 g/mol. The van der Waals surface area contributed by atoms with Gasteiger partial charge in [-0.2, -0.15) is 0 Å². The van der Waals surface area contributed by atoms with Gasteiger partial charge >= 0.3 is 23.9 Å². The summed E-state index contributed by atoms with van der Waals surface area (Å²) in [6, 6.07) is 3.80. The minimum atomic E-state index is -1.40. The van der Waals surface area contributed by atoms with Crippen molar-refractivity contribution in [3.05, 3.63) is 41.0 Å². The predicted octanol–water partition coefficient (Wildman–Crippen LogP) is 5.82. The fourth-order valence-electron chi connectivity index (χ4n) is 6.41. The van der Waals surface area contributed by atoms with Crippen LogP contribution in [-0.2, 0) is 55.4 Å². The zero-order valence-electron chi connectivity index (χ0n) is 28.4. The van der Waals surface area contributed by atoms with E-state index in [1.807, 2.05) is 72.8 Å². The highest BCUT2D eigenvalue weighted by Gasteiger charge is 2.53. The number of aromatic hydroxyl groups is 1. The van der Waals surface area contributed by atoms with Gasteiger partial charge in [0.15, 0.2) is 5.41 Å². The molecule has 0 spiro atoms. The zero-order chi connectivity index (χ0) is 33.6. The molecule has 0 amide bonds. The number of carbonyl (C=O) groups excluding carboxylic acids is 4. The van der Waals surface area contributed by atoms with Gasteiger partial charge < -0.3 is 24.1 Å². The van der Waals surface area contributed by atoms with Crippen molar-refractivity contribution in [1.82, 2.24) is 0 Å². The first-order chi connectivity index (χ1) is 20.4. The average Bonchev–Trinajstić information content (AvgIpc) is 3.59. The second-order valence-corrected chi connectivity index (χ2v) is 13.9. The summed E-state index contributed by atoms with van der Waals surface area (Å²) in [5, 5.41) is 11.0. The van der Waals surface area contributed by atoms with Crippen LogP contribution in [0.1, 0.15) is 90.8 Å². The topological polar surface area (TPSA) is 125 Å². The zero-order valence-corrected chi connectivity index (χ0v) is 28.4. The molecular weight excluding hydrogens is 564 g/mol. The molecule has 0 heterocycles. The Morgan fingerprint density at radius 2 is 1.16 bits per heavy atom. The van der Waals surface area contributed by atoms with Gasteiger partial charge in [0.25, 0.3) is 0 Å². The van der Waals surface area contributed by atoms with Crippen LogP contribution in [0.5, 0.6) is 5.75 Å². The molecule has 0 aromatic heterocycles. The molecule has 9 nitrogen and oxygen atoms in total. The van der Waals surface area contributed by atoms with E-state index in [0.29, 0.717) is 12.8 Å². The molecule has 9 heteroatoms. The summed E-state index contributed by atoms with van der Waals surface area (Å²) < 4.78 is 19.5. The van der Waals surface area contributed by atoms with Crippen molar-refractivity contribution in [3.63, 3.8) is 0 Å². The van der Waals surface area contributed by atoms with Crippen LogP contribution in [0.3, 0.4) is 0 Å². The Morgan fingerprint density at radius 3 is 1.48 bits per heavy atom. The van der Waals surface area contributed by atoms with E-state index in [0.717, 1.165) is 29.5 Å². The number of rotatable bonds is 9. The lowest BCUT2D eigenvalue weighted by atomic mass is 9.73. The van der Waals surface area contributed by atoms with E-state index in [1.54, 1.807) is 0 Å². The molecule has 2 aliphatic rings. The number of phenolic OH excluding ortho intramolecular Hbond substituents is 1. The van der Waals surface area contributed by atoms with E-state index in [-0.39, 0.29) is 58.6 Å². The van der Waals surface area contributed by atoms with Gasteiger partial charge in [0.2, 0.25) is 0 Å². The van der Waals surface area contributed by atoms with Crippen molar-refractivity contribution in [3.8, 4) is 5.75 Å². The third kappa shape index (κ3) is 7.83. The third-order valence-corrected chi connectivity index (χ3v) is 8.81. The maximum atomic E-state index is 12.8. The second-order valence-electron chi connectivity index (χ2n) is 13.9. The van der Waals surface area contributed by atoms with Gasteiger partial charge in [-0.3, -0.25) is 19.2 Å². The predicted molar refractivity (Wildman–Crippen MR) is 167 cm³/mol. The molecule has 4 atom stereocenters. The molecule has 44 heavy (non-hydrogen) atoms. The van der Waals surface area contributed by atoms with Crippen LogP contribution in [-0.4, -0.2) is 57.4 Å². The Morgan fingerprint density at radius 1 is 0.750 bits per heavy atom. The first-order valence-corrected chi connectivity index (χ1v) is 15.3. The highest BCUT2D eigenvalue weighted by molar-refractivity contribution is 6.00. The van der Waals surface area contributed by atoms with E-state index < -0.39 is 17.4 Å². The molecule has 4 unspecified atom stereocenters. The summed E-state index contributed by atoms with van der Waals surface area (Å²) in [5.74, 6) is -1.91. The van der Waals surface area contributed by atoms with Crippen molar-refractivity contribution in [2.24, 2.45) is 29.1 Å². The molecule has 2 aliphatic carbocycles. The fraction of sp³-hybridized carbons (Fsp3) is 0.657. The highest BCUT2D eigenvalue weighted by atomic mass is 16.5. The molecule has 246 valence electrons. The summed E-state index contributed by atoms with van der Waals surface area (Å²) >= 11 is 0. The molecule has 1 saturated carbocycles. The molecule has 3 rings (SSSR count). The molecule has 1 fully saturated rings. The van der Waals surface area contributed by atoms with Gasteiger partial charge in [-0.25, -0.2) is 0 Å². The largest absolute Gasteiger partial charge is 0.507 e. The van der Waals surface area contributed by atoms with Gasteiger partial charge in [-0.1, -0.05) is 85.6 Å². The number of hydrogen-bond acceptors (Lipinski definition) is 9. The molecule has 0 aliphatic heterocycles. The standard InChI is InChI=1S/C24H38O5.C11H14O4/c1-10-11-12-24(20(26)28-8,21(27)29-9)15-16-13-17(22(2,3)4)19(25)18(14-16)23(5,6)7;1-14-10(12)8-6-3-4-7(5-6)9(8)11(13)15-2/h13-14,25H,10-12,15H2,1-9H3;3-4,6-9H,5H2,1-2H3. The van der Waals surface area contributed by atoms with Crippen LogP contribution in [0.15, 0.2) is 24.3 Å². The fourth-order valence-corrected chi connectivity index (χ4v) is 6.41. The minimum absolute atomic E-state index is 0.145. The van der Waals surface area contributed by atoms with Crippen molar-refractivity contribution in [2.75, 3.05) is 28.4 Å². The molecule has 1 N–H and O–H groups in total. The van der Waals surface area contributed by atoms with Crippen LogP contribution in [0.25, 0.3) is 0 Å². The number of carbonyl (C=O) groups is 4. The number of allylic oxidation sites excluding steroid dienone is 2. The number of methoxy groups -OCH3 is 4. The lowest BCUT2D eigenvalue weighted by Gasteiger charge is -2.31. The number of unbranched alkanes of at least 4 members (excludes halogenated alkanes) is 1. The number of phenols is 1. The maximum Gasteiger partial charge on any atom is 0.323 e. The first-order valence-electron chi connectivity index (χ1n) is 15.3. The van der Waals surface area contributed by atoms with Gasteiger partial charge in [0, 0.05) is 0 Å². The van der Waals surface area contributed by atoms with E-state index in [4.69, 9.17) is 18.9 Å². The summed E-state index contributed by atoms with van der Waals surface area (Å²) in [4.78, 5) is 48.7. The Bertz CT molecular complexity index is 1150. The van der Waals surface area contributed by atoms with Crippen molar-refractivity contribution in [1.29, 1.82) is 0 Å².